The van der Waals surface area contributed by atoms with Gasteiger partial charge in [-0.05, 0) is 53.5 Å². The number of nitrogens with zero attached hydrogens (tertiary/aromatic N) is 2. The van der Waals surface area contributed by atoms with E-state index in [2.05, 4.69) is 43.2 Å². The lowest BCUT2D eigenvalue weighted by Crippen LogP contribution is -2.48. The molecule has 0 aromatic heterocycles. The van der Waals surface area contributed by atoms with Crippen molar-refractivity contribution in [3.8, 4) is 0 Å². The van der Waals surface area contributed by atoms with Crippen molar-refractivity contribution < 1.29 is 0 Å². The zero-order valence-corrected chi connectivity index (χ0v) is 10.8. The number of hydrogen-bond acceptors (Lipinski definition) is 3. The van der Waals surface area contributed by atoms with Gasteiger partial charge in [0.25, 0.3) is 0 Å². The normalized spacial score (nSPS) is 22.2. The Morgan fingerprint density at radius 2 is 1.93 bits per heavy atom. The number of nitrogens with one attached hydrogen (secondary N) is 1. The molecule has 1 rings (SSSR count). The summed E-state index contributed by atoms with van der Waals surface area (Å²) in [4.78, 5) is 5.02. The van der Waals surface area contributed by atoms with Gasteiger partial charge in [0.1, 0.15) is 0 Å². The molecule has 1 atom stereocenters. The van der Waals surface area contributed by atoms with Gasteiger partial charge in [-0.3, -0.25) is 4.90 Å². The third kappa shape index (κ3) is 3.74. The predicted molar refractivity (Wildman–Crippen MR) is 66.3 cm³/mol. The Labute approximate surface area is 94.8 Å². The van der Waals surface area contributed by atoms with E-state index in [1.807, 2.05) is 0 Å². The number of likely N-dealkylation sites (N-methyl/N-ethyl adjacent to an activating group) is 1. The summed E-state index contributed by atoms with van der Waals surface area (Å²) in [5, 5.41) is 3.30. The van der Waals surface area contributed by atoms with Crippen LogP contribution < -0.4 is 5.32 Å². The minimum absolute atomic E-state index is 0.734. The molecule has 0 aromatic rings. The second-order valence-electron chi connectivity index (χ2n) is 4.85. The molecule has 1 aliphatic heterocycles. The smallest absolute Gasteiger partial charge is 0.0217 e. The van der Waals surface area contributed by atoms with Crippen molar-refractivity contribution in [2.75, 3.05) is 40.8 Å². The average molecular weight is 213 g/mol. The zero-order chi connectivity index (χ0) is 11.3. The van der Waals surface area contributed by atoms with Gasteiger partial charge in [-0.2, -0.15) is 0 Å². The molecule has 0 radical (unpaired) electrons. The highest BCUT2D eigenvalue weighted by molar-refractivity contribution is 4.81. The Bertz CT molecular complexity index is 162. The third-order valence-corrected chi connectivity index (χ3v) is 3.66. The van der Waals surface area contributed by atoms with Gasteiger partial charge in [0, 0.05) is 18.6 Å². The van der Waals surface area contributed by atoms with Gasteiger partial charge >= 0.3 is 0 Å². The monoisotopic (exact) mass is 213 g/mol. The first-order valence-corrected chi connectivity index (χ1v) is 6.24. The van der Waals surface area contributed by atoms with Crippen molar-refractivity contribution in [3.63, 3.8) is 0 Å². The van der Waals surface area contributed by atoms with Crippen molar-refractivity contribution in [3.05, 3.63) is 0 Å². The standard InChI is InChI=1S/C12H27N3/c1-5-11(10-13-2)15-8-6-12(7-9-15)14(3)4/h11-13H,5-10H2,1-4H3. The van der Waals surface area contributed by atoms with Crippen LogP contribution in [0, 0.1) is 0 Å². The van der Waals surface area contributed by atoms with Crippen LogP contribution in [0.1, 0.15) is 26.2 Å². The van der Waals surface area contributed by atoms with Gasteiger partial charge in [0.2, 0.25) is 0 Å². The molecule has 3 nitrogen and oxygen atoms in total. The van der Waals surface area contributed by atoms with Gasteiger partial charge < -0.3 is 10.2 Å². The molecule has 0 aromatic carbocycles. The summed E-state index contributed by atoms with van der Waals surface area (Å²) >= 11 is 0. The zero-order valence-electron chi connectivity index (χ0n) is 10.8. The lowest BCUT2D eigenvalue weighted by atomic mass is 10.0. The van der Waals surface area contributed by atoms with E-state index in [1.54, 1.807) is 0 Å². The van der Waals surface area contributed by atoms with E-state index in [0.717, 1.165) is 18.6 Å². The fourth-order valence-electron chi connectivity index (χ4n) is 2.53. The summed E-state index contributed by atoms with van der Waals surface area (Å²) in [5.41, 5.74) is 0. The first kappa shape index (κ1) is 12.9. The van der Waals surface area contributed by atoms with E-state index in [4.69, 9.17) is 0 Å². The maximum Gasteiger partial charge on any atom is 0.0217 e. The number of rotatable bonds is 5. The Morgan fingerprint density at radius 1 is 1.33 bits per heavy atom. The van der Waals surface area contributed by atoms with Crippen molar-refractivity contribution >= 4 is 0 Å². The molecule has 15 heavy (non-hydrogen) atoms. The molecule has 1 aliphatic rings. The number of hydrogen-bond donors (Lipinski definition) is 1. The van der Waals surface area contributed by atoms with E-state index in [0.29, 0.717) is 0 Å². The summed E-state index contributed by atoms with van der Waals surface area (Å²) in [6.07, 6.45) is 3.91. The first-order valence-electron chi connectivity index (χ1n) is 6.24. The minimum Gasteiger partial charge on any atom is -0.318 e. The van der Waals surface area contributed by atoms with Crippen molar-refractivity contribution in [1.82, 2.24) is 15.1 Å². The van der Waals surface area contributed by atoms with Crippen LogP contribution >= 0.6 is 0 Å². The Kier molecular flexibility index (Phi) is 5.58. The van der Waals surface area contributed by atoms with E-state index < -0.39 is 0 Å². The Balaban J connectivity index is 2.35. The molecule has 1 heterocycles. The molecule has 0 spiro atoms. The highest BCUT2D eigenvalue weighted by Crippen LogP contribution is 2.17. The van der Waals surface area contributed by atoms with Crippen LogP contribution in [0.4, 0.5) is 0 Å². The predicted octanol–water partition coefficient (Wildman–Crippen LogP) is 1.01. The second-order valence-corrected chi connectivity index (χ2v) is 4.85. The molecule has 0 bridgehead atoms. The molecule has 1 N–H and O–H groups in total. The quantitative estimate of drug-likeness (QED) is 0.735. The highest BCUT2D eigenvalue weighted by atomic mass is 15.2. The summed E-state index contributed by atoms with van der Waals surface area (Å²) in [6.45, 7) is 5.95. The molecule has 1 fully saturated rings. The minimum atomic E-state index is 0.734. The topological polar surface area (TPSA) is 18.5 Å². The molecule has 0 saturated carbocycles. The molecule has 0 amide bonds. The SMILES string of the molecule is CCC(CNC)N1CCC(N(C)C)CC1. The Hall–Kier alpha value is -0.120. The molecule has 3 heteroatoms. The lowest BCUT2D eigenvalue weighted by Gasteiger charge is -2.39. The van der Waals surface area contributed by atoms with Gasteiger partial charge in [0.15, 0.2) is 0 Å². The number of piperidine rings is 1. The van der Waals surface area contributed by atoms with E-state index in [-0.39, 0.29) is 0 Å². The fourth-order valence-corrected chi connectivity index (χ4v) is 2.53. The summed E-state index contributed by atoms with van der Waals surface area (Å²) in [6, 6.07) is 1.53. The van der Waals surface area contributed by atoms with E-state index >= 15 is 0 Å². The largest absolute Gasteiger partial charge is 0.318 e. The molecular formula is C12H27N3. The molecular weight excluding hydrogens is 186 g/mol. The van der Waals surface area contributed by atoms with Crippen LogP contribution in [-0.4, -0.2) is 62.7 Å². The molecule has 1 unspecified atom stereocenters. The highest BCUT2D eigenvalue weighted by Gasteiger charge is 2.24. The van der Waals surface area contributed by atoms with Crippen LogP contribution in [-0.2, 0) is 0 Å². The number of likely N-dealkylation sites (tertiary alicyclic amines) is 1. The van der Waals surface area contributed by atoms with Crippen LogP contribution in [0.25, 0.3) is 0 Å². The first-order chi connectivity index (χ1) is 7.19. The maximum absolute atomic E-state index is 3.30. The van der Waals surface area contributed by atoms with Crippen molar-refractivity contribution in [2.45, 2.75) is 38.3 Å². The van der Waals surface area contributed by atoms with E-state index in [1.165, 1.54) is 32.4 Å². The molecule has 90 valence electrons. The molecule has 0 aliphatic carbocycles. The van der Waals surface area contributed by atoms with Gasteiger partial charge in [0.05, 0.1) is 0 Å². The average Bonchev–Trinajstić information content (AvgIpc) is 2.26. The van der Waals surface area contributed by atoms with Crippen LogP contribution in [0.3, 0.4) is 0 Å². The van der Waals surface area contributed by atoms with Crippen LogP contribution in [0.5, 0.6) is 0 Å². The third-order valence-electron chi connectivity index (χ3n) is 3.66. The lowest BCUT2D eigenvalue weighted by molar-refractivity contribution is 0.106. The maximum atomic E-state index is 3.30. The summed E-state index contributed by atoms with van der Waals surface area (Å²) in [5.74, 6) is 0. The van der Waals surface area contributed by atoms with E-state index in [9.17, 15) is 0 Å². The Morgan fingerprint density at radius 3 is 2.33 bits per heavy atom. The van der Waals surface area contributed by atoms with Crippen LogP contribution in [0.2, 0.25) is 0 Å². The van der Waals surface area contributed by atoms with Gasteiger partial charge in [-0.1, -0.05) is 6.92 Å². The van der Waals surface area contributed by atoms with Crippen molar-refractivity contribution in [2.24, 2.45) is 0 Å². The van der Waals surface area contributed by atoms with Crippen molar-refractivity contribution in [1.29, 1.82) is 0 Å². The fraction of sp³-hybridized carbons (Fsp3) is 1.00. The van der Waals surface area contributed by atoms with Crippen LogP contribution in [0.15, 0.2) is 0 Å². The van der Waals surface area contributed by atoms with Gasteiger partial charge in [-0.15, -0.1) is 0 Å². The summed E-state index contributed by atoms with van der Waals surface area (Å²) in [7, 11) is 6.45. The summed E-state index contributed by atoms with van der Waals surface area (Å²) < 4.78 is 0. The molecule has 1 saturated heterocycles. The second kappa shape index (κ2) is 6.46. The van der Waals surface area contributed by atoms with Gasteiger partial charge in [-0.25, -0.2) is 0 Å².